The molecule has 1 aromatic carbocycles. The maximum absolute atomic E-state index is 13.1. The van der Waals surface area contributed by atoms with Gasteiger partial charge in [-0.25, -0.2) is 13.1 Å². The molecular formula is C18H25NO4S2. The van der Waals surface area contributed by atoms with E-state index in [0.29, 0.717) is 17.1 Å². The number of nitrogens with one attached hydrogen (secondary N) is 1. The van der Waals surface area contributed by atoms with Gasteiger partial charge in [0, 0.05) is 10.9 Å². The minimum Gasteiger partial charge on any atom is -0.493 e. The van der Waals surface area contributed by atoms with E-state index in [1.165, 1.54) is 20.3 Å². The summed E-state index contributed by atoms with van der Waals surface area (Å²) in [6.07, 6.45) is 0. The molecule has 0 saturated carbocycles. The number of benzene rings is 1. The van der Waals surface area contributed by atoms with Crippen LogP contribution in [0.2, 0.25) is 0 Å². The number of hydrogen-bond donors (Lipinski definition) is 1. The smallest absolute Gasteiger partial charge is 0.241 e. The lowest BCUT2D eigenvalue weighted by Gasteiger charge is -2.30. The molecule has 0 saturated heterocycles. The first kappa shape index (κ1) is 19.8. The Kier molecular flexibility index (Phi) is 5.81. The Morgan fingerprint density at radius 1 is 1.12 bits per heavy atom. The fraction of sp³-hybridized carbons (Fsp3) is 0.444. The van der Waals surface area contributed by atoms with Gasteiger partial charge in [0.25, 0.3) is 0 Å². The molecule has 5 nitrogen and oxygen atoms in total. The Balaban J connectivity index is 2.48. The summed E-state index contributed by atoms with van der Waals surface area (Å²) >= 11 is 1.54. The van der Waals surface area contributed by atoms with Crippen LogP contribution in [0, 0.1) is 12.3 Å². The summed E-state index contributed by atoms with van der Waals surface area (Å²) in [5.41, 5.74) is 0.326. The van der Waals surface area contributed by atoms with Crippen molar-refractivity contribution in [2.24, 2.45) is 5.41 Å². The van der Waals surface area contributed by atoms with Crippen LogP contribution >= 0.6 is 11.3 Å². The Hall–Kier alpha value is -1.57. The van der Waals surface area contributed by atoms with Gasteiger partial charge in [0.2, 0.25) is 10.0 Å². The lowest BCUT2D eigenvalue weighted by Crippen LogP contribution is -2.36. The van der Waals surface area contributed by atoms with Crippen LogP contribution in [-0.4, -0.2) is 22.6 Å². The van der Waals surface area contributed by atoms with E-state index in [2.05, 4.69) is 4.72 Å². The monoisotopic (exact) mass is 383 g/mol. The number of thiophene rings is 1. The molecule has 2 aromatic rings. The van der Waals surface area contributed by atoms with E-state index in [1.54, 1.807) is 24.3 Å². The quantitative estimate of drug-likeness (QED) is 0.814. The lowest BCUT2D eigenvalue weighted by molar-refractivity contribution is 0.308. The van der Waals surface area contributed by atoms with Gasteiger partial charge >= 0.3 is 0 Å². The standard InChI is InChI=1S/C18H25NO4S2/c1-12-10-13(22-5)14(23-6)11-16(12)25(20,21)19-17(18(2,3)4)15-8-7-9-24-15/h7-11,17,19H,1-6H3/t17-/m1/s1. The van der Waals surface area contributed by atoms with E-state index in [0.717, 1.165) is 4.88 Å². The predicted octanol–water partition coefficient (Wildman–Crippen LogP) is 4.14. The first-order valence-electron chi connectivity index (χ1n) is 7.88. The maximum Gasteiger partial charge on any atom is 0.241 e. The van der Waals surface area contributed by atoms with Crippen LogP contribution < -0.4 is 14.2 Å². The van der Waals surface area contributed by atoms with Crippen LogP contribution in [0.1, 0.15) is 37.3 Å². The molecule has 7 heteroatoms. The van der Waals surface area contributed by atoms with E-state index in [4.69, 9.17) is 9.47 Å². The fourth-order valence-electron chi connectivity index (χ4n) is 2.59. The summed E-state index contributed by atoms with van der Waals surface area (Å²) in [7, 11) is -0.725. The third kappa shape index (κ3) is 4.34. The van der Waals surface area contributed by atoms with Gasteiger partial charge in [0.1, 0.15) is 0 Å². The highest BCUT2D eigenvalue weighted by atomic mass is 32.2. The second-order valence-electron chi connectivity index (χ2n) is 6.91. The number of hydrogen-bond acceptors (Lipinski definition) is 5. The summed E-state index contributed by atoms with van der Waals surface area (Å²) in [4.78, 5) is 1.17. The van der Waals surface area contributed by atoms with Gasteiger partial charge in [-0.3, -0.25) is 0 Å². The molecule has 138 valence electrons. The van der Waals surface area contributed by atoms with Crippen LogP contribution in [0.25, 0.3) is 0 Å². The average molecular weight is 384 g/mol. The van der Waals surface area contributed by atoms with Crippen LogP contribution in [0.15, 0.2) is 34.5 Å². The third-order valence-corrected chi connectivity index (χ3v) is 6.44. The molecule has 0 aliphatic heterocycles. The van der Waals surface area contributed by atoms with Gasteiger partial charge in [-0.15, -0.1) is 11.3 Å². The second kappa shape index (κ2) is 7.35. The summed E-state index contributed by atoms with van der Waals surface area (Å²) in [6, 6.07) is 6.72. The number of sulfonamides is 1. The first-order chi connectivity index (χ1) is 11.6. The van der Waals surface area contributed by atoms with Crippen molar-refractivity contribution in [2.45, 2.75) is 38.6 Å². The Morgan fingerprint density at radius 3 is 2.20 bits per heavy atom. The summed E-state index contributed by atoms with van der Waals surface area (Å²) in [6.45, 7) is 7.79. The van der Waals surface area contributed by atoms with Crippen molar-refractivity contribution >= 4 is 21.4 Å². The molecule has 1 aromatic heterocycles. The van der Waals surface area contributed by atoms with Crippen molar-refractivity contribution < 1.29 is 17.9 Å². The zero-order valence-electron chi connectivity index (χ0n) is 15.4. The first-order valence-corrected chi connectivity index (χ1v) is 10.2. The molecule has 1 heterocycles. The molecule has 0 spiro atoms. The van der Waals surface area contributed by atoms with Crippen molar-refractivity contribution in [1.29, 1.82) is 0 Å². The average Bonchev–Trinajstić information content (AvgIpc) is 3.05. The van der Waals surface area contributed by atoms with Crippen LogP contribution in [0.5, 0.6) is 11.5 Å². The molecule has 0 unspecified atom stereocenters. The summed E-state index contributed by atoms with van der Waals surface area (Å²) in [5.74, 6) is 0.890. The van der Waals surface area contributed by atoms with Gasteiger partial charge in [-0.05, 0) is 35.4 Å². The van der Waals surface area contributed by atoms with E-state index >= 15 is 0 Å². The highest BCUT2D eigenvalue weighted by Crippen LogP contribution is 2.38. The Bertz CT molecular complexity index is 822. The molecule has 1 N–H and O–H groups in total. The van der Waals surface area contributed by atoms with Crippen molar-refractivity contribution in [1.82, 2.24) is 4.72 Å². The molecule has 0 amide bonds. The molecule has 0 fully saturated rings. The molecule has 2 rings (SSSR count). The van der Waals surface area contributed by atoms with Crippen molar-refractivity contribution in [3.63, 3.8) is 0 Å². The molecule has 25 heavy (non-hydrogen) atoms. The predicted molar refractivity (Wildman–Crippen MR) is 101 cm³/mol. The topological polar surface area (TPSA) is 64.6 Å². The van der Waals surface area contributed by atoms with Gasteiger partial charge in [0.05, 0.1) is 25.2 Å². The van der Waals surface area contributed by atoms with Crippen LogP contribution in [-0.2, 0) is 10.0 Å². The van der Waals surface area contributed by atoms with Gasteiger partial charge < -0.3 is 9.47 Å². The molecule has 0 aliphatic rings. The summed E-state index contributed by atoms with van der Waals surface area (Å²) in [5, 5.41) is 1.95. The minimum absolute atomic E-state index is 0.191. The molecule has 1 atom stereocenters. The van der Waals surface area contributed by atoms with Crippen LogP contribution in [0.4, 0.5) is 0 Å². The molecule has 0 aliphatic carbocycles. The lowest BCUT2D eigenvalue weighted by atomic mass is 9.86. The minimum atomic E-state index is -3.74. The SMILES string of the molecule is COc1cc(C)c(S(=O)(=O)N[C@H](c2cccs2)C(C)(C)C)cc1OC. The van der Waals surface area contributed by atoms with Gasteiger partial charge in [0.15, 0.2) is 11.5 Å². The summed E-state index contributed by atoms with van der Waals surface area (Å²) < 4.78 is 39.5. The van der Waals surface area contributed by atoms with Gasteiger partial charge in [-0.1, -0.05) is 26.8 Å². The Morgan fingerprint density at radius 2 is 1.72 bits per heavy atom. The van der Waals surface area contributed by atoms with E-state index in [-0.39, 0.29) is 16.4 Å². The zero-order chi connectivity index (χ0) is 18.8. The highest BCUT2D eigenvalue weighted by Gasteiger charge is 2.32. The largest absolute Gasteiger partial charge is 0.493 e. The zero-order valence-corrected chi connectivity index (χ0v) is 17.0. The molecule has 0 radical (unpaired) electrons. The third-order valence-electron chi connectivity index (χ3n) is 3.94. The molecule has 0 bridgehead atoms. The van der Waals surface area contributed by atoms with Gasteiger partial charge in [-0.2, -0.15) is 0 Å². The fourth-order valence-corrected chi connectivity index (χ4v) is 5.34. The second-order valence-corrected chi connectivity index (χ2v) is 9.57. The van der Waals surface area contributed by atoms with E-state index in [9.17, 15) is 8.42 Å². The van der Waals surface area contributed by atoms with E-state index < -0.39 is 10.0 Å². The number of methoxy groups -OCH3 is 2. The molecular weight excluding hydrogens is 358 g/mol. The van der Waals surface area contributed by atoms with Crippen molar-refractivity contribution in [3.05, 3.63) is 40.1 Å². The highest BCUT2D eigenvalue weighted by molar-refractivity contribution is 7.89. The number of aryl methyl sites for hydroxylation is 1. The van der Waals surface area contributed by atoms with Crippen LogP contribution in [0.3, 0.4) is 0 Å². The normalized spacial score (nSPS) is 13.5. The number of rotatable bonds is 6. The number of ether oxygens (including phenoxy) is 2. The van der Waals surface area contributed by atoms with Crippen molar-refractivity contribution in [3.8, 4) is 11.5 Å². The maximum atomic E-state index is 13.1. The van der Waals surface area contributed by atoms with Crippen molar-refractivity contribution in [2.75, 3.05) is 14.2 Å². The van der Waals surface area contributed by atoms with E-state index in [1.807, 2.05) is 38.3 Å². The Labute approximate surface area is 154 Å².